The maximum Gasteiger partial charge on any atom is 0.305 e. The molecule has 0 aliphatic carbocycles. The summed E-state index contributed by atoms with van der Waals surface area (Å²) in [6, 6.07) is -0.631. The van der Waals surface area contributed by atoms with Crippen molar-refractivity contribution in [2.75, 3.05) is 13.2 Å². The molecule has 6 heteroatoms. The first-order valence-corrected chi connectivity index (χ1v) is 33.5. The summed E-state index contributed by atoms with van der Waals surface area (Å²) >= 11 is 0. The zero-order valence-corrected chi connectivity index (χ0v) is 49.6. The number of amides is 1. The fraction of sp³-hybridized carbons (Fsp3) is 0.940. The van der Waals surface area contributed by atoms with E-state index in [1.165, 1.54) is 315 Å². The van der Waals surface area contributed by atoms with Gasteiger partial charge in [-0.25, -0.2) is 0 Å². The first-order chi connectivity index (χ1) is 36.0. The number of esters is 1. The molecule has 0 aliphatic heterocycles. The van der Waals surface area contributed by atoms with Crippen molar-refractivity contribution in [1.82, 2.24) is 5.32 Å². The number of hydrogen-bond acceptors (Lipinski definition) is 5. The molecule has 0 aromatic carbocycles. The number of aliphatic hydroxyl groups excluding tert-OH is 2. The lowest BCUT2D eigenvalue weighted by Crippen LogP contribution is -2.45. The Morgan fingerprint density at radius 3 is 0.932 bits per heavy atom. The molecule has 6 nitrogen and oxygen atoms in total. The predicted molar refractivity (Wildman–Crippen MR) is 320 cm³/mol. The summed E-state index contributed by atoms with van der Waals surface area (Å²) in [7, 11) is 0. The van der Waals surface area contributed by atoms with Crippen LogP contribution in [-0.2, 0) is 14.3 Å². The minimum absolute atomic E-state index is 0.0116. The van der Waals surface area contributed by atoms with E-state index in [-0.39, 0.29) is 18.5 Å². The van der Waals surface area contributed by atoms with Gasteiger partial charge in [-0.1, -0.05) is 347 Å². The first kappa shape index (κ1) is 71.6. The van der Waals surface area contributed by atoms with E-state index in [1.807, 2.05) is 6.08 Å². The van der Waals surface area contributed by atoms with Crippen molar-refractivity contribution in [2.45, 2.75) is 392 Å². The summed E-state index contributed by atoms with van der Waals surface area (Å²) in [6.45, 7) is 4.94. The SMILES string of the molecule is CCCCCCCCCCCCCCCCCCCCC/C=C/C(O)C(CO)NC(=O)CCCCCCCCCCCCCCCCCCCCOC(=O)CCCCCCCCCCCCCCCCCCC. The molecule has 0 aromatic rings. The van der Waals surface area contributed by atoms with Gasteiger partial charge in [-0.05, 0) is 32.1 Å². The number of allylic oxidation sites excluding steroid dienone is 1. The highest BCUT2D eigenvalue weighted by Gasteiger charge is 2.18. The van der Waals surface area contributed by atoms with Gasteiger partial charge in [0.05, 0.1) is 25.4 Å². The predicted octanol–water partition coefficient (Wildman–Crippen LogP) is 21.2. The van der Waals surface area contributed by atoms with Gasteiger partial charge < -0.3 is 20.3 Å². The van der Waals surface area contributed by atoms with Crippen LogP contribution in [0.1, 0.15) is 380 Å². The molecule has 73 heavy (non-hydrogen) atoms. The van der Waals surface area contributed by atoms with Gasteiger partial charge in [-0.3, -0.25) is 9.59 Å². The van der Waals surface area contributed by atoms with Crippen LogP contribution in [0.15, 0.2) is 12.2 Å². The summed E-state index contributed by atoms with van der Waals surface area (Å²) in [5, 5.41) is 23.2. The van der Waals surface area contributed by atoms with Crippen LogP contribution in [0.25, 0.3) is 0 Å². The third-order valence-electron chi connectivity index (χ3n) is 15.8. The van der Waals surface area contributed by atoms with E-state index < -0.39 is 12.1 Å². The van der Waals surface area contributed by atoms with Crippen molar-refractivity contribution < 1.29 is 24.5 Å². The fourth-order valence-corrected chi connectivity index (χ4v) is 10.7. The maximum absolute atomic E-state index is 12.5. The van der Waals surface area contributed by atoms with Gasteiger partial charge in [0.1, 0.15) is 0 Å². The lowest BCUT2D eigenvalue weighted by molar-refractivity contribution is -0.143. The average Bonchev–Trinajstić information content (AvgIpc) is 3.39. The molecule has 0 fully saturated rings. The summed E-state index contributed by atoms with van der Waals surface area (Å²) in [5.74, 6) is -0.0560. The minimum Gasteiger partial charge on any atom is -0.466 e. The van der Waals surface area contributed by atoms with Crippen LogP contribution in [0.5, 0.6) is 0 Å². The molecule has 0 saturated heterocycles. The Morgan fingerprint density at radius 1 is 0.370 bits per heavy atom. The standard InChI is InChI=1S/C67H131NO5/c1-3-5-7-9-11-13-15-17-19-21-22-23-24-28-31-35-39-43-47-51-55-59-65(70)64(63-69)68-66(71)60-56-52-48-44-40-36-32-29-25-26-30-34-38-42-46-50-54-58-62-73-67(72)61-57-53-49-45-41-37-33-27-20-18-16-14-12-10-8-6-4-2/h55,59,64-65,69-70H,3-54,56-58,60-63H2,1-2H3,(H,68,71)/b59-55+. The van der Waals surface area contributed by atoms with Gasteiger partial charge >= 0.3 is 5.97 Å². The molecule has 0 spiro atoms. The molecule has 2 atom stereocenters. The molecule has 3 N–H and O–H groups in total. The number of carbonyl (C=O) groups is 2. The van der Waals surface area contributed by atoms with Crippen LogP contribution < -0.4 is 5.32 Å². The second-order valence-electron chi connectivity index (χ2n) is 23.2. The maximum atomic E-state index is 12.5. The largest absolute Gasteiger partial charge is 0.466 e. The topological polar surface area (TPSA) is 95.9 Å². The van der Waals surface area contributed by atoms with E-state index in [2.05, 4.69) is 19.2 Å². The molecular formula is C67H131NO5. The Hall–Kier alpha value is -1.40. The molecule has 0 bridgehead atoms. The molecular weight excluding hydrogens is 899 g/mol. The van der Waals surface area contributed by atoms with Crippen molar-refractivity contribution in [3.63, 3.8) is 0 Å². The van der Waals surface area contributed by atoms with E-state index in [1.54, 1.807) is 6.08 Å². The van der Waals surface area contributed by atoms with Crippen LogP contribution in [-0.4, -0.2) is 47.4 Å². The number of ether oxygens (including phenoxy) is 1. The highest BCUT2D eigenvalue weighted by atomic mass is 16.5. The number of aliphatic hydroxyl groups is 2. The Morgan fingerprint density at radius 2 is 0.630 bits per heavy atom. The first-order valence-electron chi connectivity index (χ1n) is 33.5. The van der Waals surface area contributed by atoms with E-state index in [9.17, 15) is 19.8 Å². The summed E-state index contributed by atoms with van der Waals surface area (Å²) in [6.07, 6.45) is 76.9. The highest BCUT2D eigenvalue weighted by molar-refractivity contribution is 5.76. The second-order valence-corrected chi connectivity index (χ2v) is 23.2. The van der Waals surface area contributed by atoms with Crippen LogP contribution >= 0.6 is 0 Å². The summed E-state index contributed by atoms with van der Waals surface area (Å²) in [4.78, 5) is 24.6. The van der Waals surface area contributed by atoms with Gasteiger partial charge in [0.25, 0.3) is 0 Å². The Labute approximate surface area is 457 Å². The highest BCUT2D eigenvalue weighted by Crippen LogP contribution is 2.19. The van der Waals surface area contributed by atoms with E-state index in [0.717, 1.165) is 38.5 Å². The smallest absolute Gasteiger partial charge is 0.305 e. The molecule has 2 unspecified atom stereocenters. The molecule has 0 saturated carbocycles. The van der Waals surface area contributed by atoms with Crippen LogP contribution in [0.4, 0.5) is 0 Å². The molecule has 0 radical (unpaired) electrons. The molecule has 1 amide bonds. The van der Waals surface area contributed by atoms with Crippen LogP contribution in [0.3, 0.4) is 0 Å². The third-order valence-corrected chi connectivity index (χ3v) is 15.8. The van der Waals surface area contributed by atoms with Gasteiger partial charge in [0.15, 0.2) is 0 Å². The molecule has 0 rings (SSSR count). The second kappa shape index (κ2) is 63.1. The Kier molecular flexibility index (Phi) is 61.9. The molecule has 0 aromatic heterocycles. The van der Waals surface area contributed by atoms with Crippen molar-refractivity contribution in [1.29, 1.82) is 0 Å². The average molecular weight is 1030 g/mol. The normalized spacial score (nSPS) is 12.5. The van der Waals surface area contributed by atoms with Gasteiger partial charge in [-0.2, -0.15) is 0 Å². The van der Waals surface area contributed by atoms with E-state index in [0.29, 0.717) is 19.4 Å². The number of unbranched alkanes of at least 4 members (excludes halogenated alkanes) is 52. The summed E-state index contributed by atoms with van der Waals surface area (Å²) in [5.41, 5.74) is 0. The zero-order chi connectivity index (χ0) is 52.9. The zero-order valence-electron chi connectivity index (χ0n) is 49.6. The third kappa shape index (κ3) is 59.7. The Bertz CT molecular complexity index is 1100. The quantitative estimate of drug-likeness (QED) is 0.0320. The van der Waals surface area contributed by atoms with Crippen molar-refractivity contribution >= 4 is 11.9 Å². The van der Waals surface area contributed by atoms with Crippen LogP contribution in [0, 0.1) is 0 Å². The molecule has 434 valence electrons. The number of nitrogens with one attached hydrogen (secondary N) is 1. The van der Waals surface area contributed by atoms with E-state index >= 15 is 0 Å². The lowest BCUT2D eigenvalue weighted by atomic mass is 10.0. The number of rotatable bonds is 63. The van der Waals surface area contributed by atoms with Crippen LogP contribution in [0.2, 0.25) is 0 Å². The monoisotopic (exact) mass is 1030 g/mol. The number of carbonyl (C=O) groups excluding carboxylic acids is 2. The fourth-order valence-electron chi connectivity index (χ4n) is 10.7. The van der Waals surface area contributed by atoms with Gasteiger partial charge in [-0.15, -0.1) is 0 Å². The molecule has 0 aliphatic rings. The van der Waals surface area contributed by atoms with Crippen molar-refractivity contribution in [3.8, 4) is 0 Å². The van der Waals surface area contributed by atoms with E-state index in [4.69, 9.17) is 4.74 Å². The number of hydrogen-bond donors (Lipinski definition) is 3. The lowest BCUT2D eigenvalue weighted by Gasteiger charge is -2.20. The van der Waals surface area contributed by atoms with Crippen molar-refractivity contribution in [2.24, 2.45) is 0 Å². The Balaban J connectivity index is 3.41. The molecule has 0 heterocycles. The minimum atomic E-state index is -0.847. The van der Waals surface area contributed by atoms with Crippen molar-refractivity contribution in [3.05, 3.63) is 12.2 Å². The van der Waals surface area contributed by atoms with Gasteiger partial charge in [0, 0.05) is 12.8 Å². The van der Waals surface area contributed by atoms with Gasteiger partial charge in [0.2, 0.25) is 5.91 Å². The summed E-state index contributed by atoms with van der Waals surface area (Å²) < 4.78 is 5.50.